The molecule has 2 aliphatic rings. The van der Waals surface area contributed by atoms with Crippen molar-refractivity contribution >= 4 is 47.3 Å². The predicted molar refractivity (Wildman–Crippen MR) is 148 cm³/mol. The molecule has 5 rings (SSSR count). The van der Waals surface area contributed by atoms with Crippen molar-refractivity contribution in [3.63, 3.8) is 0 Å². The Bertz CT molecular complexity index is 1390. The van der Waals surface area contributed by atoms with Crippen molar-refractivity contribution in [1.29, 1.82) is 0 Å². The van der Waals surface area contributed by atoms with Gasteiger partial charge in [-0.25, -0.2) is 9.65 Å². The van der Waals surface area contributed by atoms with Crippen LogP contribution in [0.1, 0.15) is 35.7 Å². The van der Waals surface area contributed by atoms with Gasteiger partial charge in [0.15, 0.2) is 13.1 Å². The van der Waals surface area contributed by atoms with Crippen LogP contribution in [0.2, 0.25) is 0 Å². The third kappa shape index (κ3) is 4.63. The number of fused-ring (bicyclic) bond motifs is 2. The zero-order chi connectivity index (χ0) is 26.3. The largest absolute Gasteiger partial charge is 0.393 e. The lowest BCUT2D eigenvalue weighted by atomic mass is 10.1. The molecule has 0 saturated carbocycles. The fourth-order valence-electron chi connectivity index (χ4n) is 5.08. The zero-order valence-corrected chi connectivity index (χ0v) is 22.6. The Balaban J connectivity index is 1.46. The summed E-state index contributed by atoms with van der Waals surface area (Å²) in [4.78, 5) is 25.9. The number of hydrogen-bond acceptors (Lipinski definition) is 7. The number of nitrogens with one attached hydrogen (secondary N) is 1. The molecular formula is C27H33N6O3P. The second kappa shape index (κ2) is 9.89. The third-order valence-corrected chi connectivity index (χ3v) is 10.6. The molecule has 1 atom stereocenters. The van der Waals surface area contributed by atoms with Crippen LogP contribution in [-0.4, -0.2) is 65.1 Å². The summed E-state index contributed by atoms with van der Waals surface area (Å²) >= 11 is 0. The lowest BCUT2D eigenvalue weighted by molar-refractivity contribution is 0.0994. The van der Waals surface area contributed by atoms with Crippen molar-refractivity contribution < 1.29 is 14.5 Å². The Hall–Kier alpha value is -3.26. The Labute approximate surface area is 217 Å². The maximum atomic E-state index is 14.1. The molecule has 0 radical (unpaired) electrons. The first-order chi connectivity index (χ1) is 17.7. The minimum atomic E-state index is -2.79. The van der Waals surface area contributed by atoms with E-state index in [2.05, 4.69) is 10.3 Å². The van der Waals surface area contributed by atoms with Crippen LogP contribution >= 0.6 is 7.29 Å². The molecular weight excluding hydrogens is 487 g/mol. The van der Waals surface area contributed by atoms with Gasteiger partial charge < -0.3 is 24.8 Å². The van der Waals surface area contributed by atoms with Crippen molar-refractivity contribution in [1.82, 2.24) is 14.6 Å². The summed E-state index contributed by atoms with van der Waals surface area (Å²) < 4.78 is 16.1. The third-order valence-electron chi connectivity index (χ3n) is 7.31. The number of aliphatic hydroxyl groups is 1. The van der Waals surface area contributed by atoms with Gasteiger partial charge in [0.1, 0.15) is 5.69 Å². The quantitative estimate of drug-likeness (QED) is 0.481. The standard InChI is InChI=1S/C27H33N6O3P/c1-5-37(36,33-13-11-20(34)12-14-33)21-8-6-7-19(16-21)29-27-28-17-24-25(30-27)31(3)23-10-9-18(2)15-22(23)26(35)32(24)4/h6-10,15-17,20,34H,5,11-14H2,1-4H3,(H,28,29,30). The van der Waals surface area contributed by atoms with E-state index < -0.39 is 7.29 Å². The van der Waals surface area contributed by atoms with Gasteiger partial charge in [0.2, 0.25) is 5.95 Å². The Morgan fingerprint density at radius 1 is 1.08 bits per heavy atom. The van der Waals surface area contributed by atoms with Crippen LogP contribution in [0.15, 0.2) is 48.7 Å². The Morgan fingerprint density at radius 3 is 2.57 bits per heavy atom. The molecule has 2 aliphatic heterocycles. The zero-order valence-electron chi connectivity index (χ0n) is 21.7. The molecule has 3 aromatic rings. The molecule has 1 unspecified atom stereocenters. The van der Waals surface area contributed by atoms with Crippen LogP contribution < -0.4 is 20.4 Å². The fourth-order valence-corrected chi connectivity index (χ4v) is 7.71. The lowest BCUT2D eigenvalue weighted by Gasteiger charge is -2.36. The molecule has 0 aliphatic carbocycles. The number of aromatic nitrogens is 2. The topological polar surface area (TPSA) is 102 Å². The number of rotatable bonds is 5. The molecule has 1 aromatic heterocycles. The number of carbonyl (C=O) groups excluding carboxylic acids is 1. The van der Waals surface area contributed by atoms with Crippen LogP contribution in [0.3, 0.4) is 0 Å². The summed E-state index contributed by atoms with van der Waals surface area (Å²) in [5, 5.41) is 13.9. The smallest absolute Gasteiger partial charge is 0.260 e. The molecule has 0 spiro atoms. The fraction of sp³-hybridized carbons (Fsp3) is 0.370. The molecule has 194 valence electrons. The highest BCUT2D eigenvalue weighted by molar-refractivity contribution is 7.69. The van der Waals surface area contributed by atoms with Gasteiger partial charge in [0.05, 0.1) is 23.6 Å². The van der Waals surface area contributed by atoms with Gasteiger partial charge >= 0.3 is 0 Å². The first-order valence-electron chi connectivity index (χ1n) is 12.6. The van der Waals surface area contributed by atoms with Gasteiger partial charge in [-0.3, -0.25) is 4.79 Å². The minimum Gasteiger partial charge on any atom is -0.393 e. The number of anilines is 5. The van der Waals surface area contributed by atoms with E-state index in [4.69, 9.17) is 4.98 Å². The summed E-state index contributed by atoms with van der Waals surface area (Å²) in [6.45, 7) is 5.16. The summed E-state index contributed by atoms with van der Waals surface area (Å²) in [6.07, 6.45) is 3.13. The molecule has 37 heavy (non-hydrogen) atoms. The highest BCUT2D eigenvalue weighted by Crippen LogP contribution is 2.49. The first kappa shape index (κ1) is 25.4. The second-order valence-corrected chi connectivity index (χ2v) is 12.8. The van der Waals surface area contributed by atoms with Crippen LogP contribution in [0, 0.1) is 6.92 Å². The molecule has 2 N–H and O–H groups in total. The van der Waals surface area contributed by atoms with Crippen molar-refractivity contribution in [3.05, 3.63) is 59.8 Å². The number of benzene rings is 2. The lowest BCUT2D eigenvalue weighted by Crippen LogP contribution is -2.36. The van der Waals surface area contributed by atoms with Gasteiger partial charge in [0, 0.05) is 44.3 Å². The summed E-state index contributed by atoms with van der Waals surface area (Å²) in [7, 11) is 0.836. The minimum absolute atomic E-state index is 0.109. The molecule has 0 bridgehead atoms. The average molecular weight is 521 g/mol. The van der Waals surface area contributed by atoms with E-state index >= 15 is 0 Å². The van der Waals surface area contributed by atoms with E-state index in [1.165, 1.54) is 0 Å². The Kier molecular flexibility index (Phi) is 6.79. The average Bonchev–Trinajstić information content (AvgIpc) is 2.98. The van der Waals surface area contributed by atoms with Crippen LogP contribution in [0.25, 0.3) is 0 Å². The molecule has 1 fully saturated rings. The number of nitrogens with zero attached hydrogens (tertiary/aromatic N) is 5. The molecule has 10 heteroatoms. The van der Waals surface area contributed by atoms with Crippen LogP contribution in [-0.2, 0) is 4.57 Å². The Morgan fingerprint density at radius 2 is 1.84 bits per heavy atom. The van der Waals surface area contributed by atoms with Gasteiger partial charge in [0.25, 0.3) is 5.91 Å². The molecule has 3 heterocycles. The first-order valence-corrected chi connectivity index (χ1v) is 14.5. The number of aliphatic hydroxyl groups excluding tert-OH is 1. The number of piperidine rings is 1. The highest BCUT2D eigenvalue weighted by Gasteiger charge is 2.34. The van der Waals surface area contributed by atoms with E-state index in [1.54, 1.807) is 18.1 Å². The summed E-state index contributed by atoms with van der Waals surface area (Å²) in [5.74, 6) is 0.881. The highest BCUT2D eigenvalue weighted by atomic mass is 31.2. The number of aryl methyl sites for hydroxylation is 1. The van der Waals surface area contributed by atoms with Gasteiger partial charge in [-0.1, -0.05) is 30.7 Å². The van der Waals surface area contributed by atoms with E-state index in [9.17, 15) is 14.5 Å². The van der Waals surface area contributed by atoms with Crippen molar-refractivity contribution in [3.8, 4) is 0 Å². The predicted octanol–water partition coefficient (Wildman–Crippen LogP) is 4.27. The van der Waals surface area contributed by atoms with Crippen molar-refractivity contribution in [2.24, 2.45) is 0 Å². The van der Waals surface area contributed by atoms with E-state index in [-0.39, 0.29) is 12.0 Å². The SMILES string of the molecule is CCP(=O)(c1cccc(Nc2ncc3c(n2)N(C)c2ccc(C)cc2C(=O)N3C)c1)N1CCC(O)CC1. The van der Waals surface area contributed by atoms with Crippen molar-refractivity contribution in [2.45, 2.75) is 32.8 Å². The van der Waals surface area contributed by atoms with E-state index in [0.29, 0.717) is 55.1 Å². The number of carbonyl (C=O) groups is 1. The second-order valence-electron chi connectivity index (χ2n) is 9.72. The number of amides is 1. The molecule has 1 amide bonds. The van der Waals surface area contributed by atoms with E-state index in [1.807, 2.05) is 72.9 Å². The summed E-state index contributed by atoms with van der Waals surface area (Å²) in [5.41, 5.74) is 3.76. The maximum Gasteiger partial charge on any atom is 0.260 e. The molecule has 9 nitrogen and oxygen atoms in total. The van der Waals surface area contributed by atoms with Gasteiger partial charge in [-0.05, 0) is 44.0 Å². The normalized spacial score (nSPS) is 18.1. The molecule has 1 saturated heterocycles. The van der Waals surface area contributed by atoms with E-state index in [0.717, 1.165) is 22.2 Å². The number of hydrogen-bond donors (Lipinski definition) is 2. The maximum absolute atomic E-state index is 14.1. The monoisotopic (exact) mass is 520 g/mol. The molecule has 2 aromatic carbocycles. The van der Waals surface area contributed by atoms with Crippen molar-refractivity contribution in [2.75, 3.05) is 48.5 Å². The van der Waals surface area contributed by atoms with Crippen LogP contribution in [0.4, 0.5) is 28.8 Å². The van der Waals surface area contributed by atoms with Gasteiger partial charge in [-0.15, -0.1) is 0 Å². The van der Waals surface area contributed by atoms with Crippen LogP contribution in [0.5, 0.6) is 0 Å². The van der Waals surface area contributed by atoms with Gasteiger partial charge in [-0.2, -0.15) is 4.98 Å². The summed E-state index contributed by atoms with van der Waals surface area (Å²) in [6, 6.07) is 13.4.